The summed E-state index contributed by atoms with van der Waals surface area (Å²) in [6.07, 6.45) is 8.11. The third-order valence-corrected chi connectivity index (χ3v) is 5.54. The second kappa shape index (κ2) is 6.68. The molecule has 3 heteroatoms. The Morgan fingerprint density at radius 2 is 1.86 bits per heavy atom. The summed E-state index contributed by atoms with van der Waals surface area (Å²) in [6.45, 7) is 11.8. The van der Waals surface area contributed by atoms with Crippen LogP contribution in [0.3, 0.4) is 0 Å². The summed E-state index contributed by atoms with van der Waals surface area (Å²) in [5.74, 6) is 0.585. The fourth-order valence-corrected chi connectivity index (χ4v) is 4.79. The second-order valence-electron chi connectivity index (χ2n) is 7.94. The molecule has 0 aromatic rings. The minimum absolute atomic E-state index is 0.000509. The third-order valence-electron chi connectivity index (χ3n) is 5.54. The lowest BCUT2D eigenvalue weighted by atomic mass is 9.60. The fraction of sp³-hybridized carbons (Fsp3) is 0.944. The molecule has 0 bridgehead atoms. The van der Waals surface area contributed by atoms with Crippen molar-refractivity contribution in [2.24, 2.45) is 11.3 Å². The molecule has 1 saturated carbocycles. The van der Waals surface area contributed by atoms with Crippen molar-refractivity contribution in [2.75, 3.05) is 19.7 Å². The van der Waals surface area contributed by atoms with Crippen LogP contribution in [0.2, 0.25) is 0 Å². The Kier molecular flexibility index (Phi) is 5.34. The number of nitrogens with zero attached hydrogens (tertiary/aromatic N) is 1. The van der Waals surface area contributed by atoms with Crippen molar-refractivity contribution in [3.63, 3.8) is 0 Å². The molecule has 1 aliphatic heterocycles. The van der Waals surface area contributed by atoms with Gasteiger partial charge in [0.2, 0.25) is 0 Å². The molecule has 1 aliphatic carbocycles. The van der Waals surface area contributed by atoms with E-state index in [1.54, 1.807) is 0 Å². The van der Waals surface area contributed by atoms with Crippen LogP contribution in [0.1, 0.15) is 72.6 Å². The lowest BCUT2D eigenvalue weighted by Gasteiger charge is -2.54. The van der Waals surface area contributed by atoms with Crippen LogP contribution in [0.15, 0.2) is 0 Å². The predicted molar refractivity (Wildman–Crippen MR) is 86.2 cm³/mol. The van der Waals surface area contributed by atoms with Crippen LogP contribution in [0.5, 0.6) is 0 Å². The van der Waals surface area contributed by atoms with Gasteiger partial charge in [0.05, 0.1) is 13.0 Å². The summed E-state index contributed by atoms with van der Waals surface area (Å²) in [5.41, 5.74) is 0.286. The Morgan fingerprint density at radius 3 is 2.43 bits per heavy atom. The third kappa shape index (κ3) is 3.61. The molecule has 0 radical (unpaired) electrons. The van der Waals surface area contributed by atoms with E-state index in [2.05, 4.69) is 25.7 Å². The molecule has 122 valence electrons. The SMILES string of the molecule is CCOC(=O)CC1(N2CCCC2)CCCCC1C(C)(C)C. The topological polar surface area (TPSA) is 29.5 Å². The average Bonchev–Trinajstić information content (AvgIpc) is 2.92. The molecule has 21 heavy (non-hydrogen) atoms. The molecule has 3 nitrogen and oxygen atoms in total. The minimum Gasteiger partial charge on any atom is -0.466 e. The van der Waals surface area contributed by atoms with Gasteiger partial charge in [-0.3, -0.25) is 9.69 Å². The van der Waals surface area contributed by atoms with Gasteiger partial charge in [0, 0.05) is 5.54 Å². The zero-order valence-corrected chi connectivity index (χ0v) is 14.4. The van der Waals surface area contributed by atoms with Crippen molar-refractivity contribution in [1.82, 2.24) is 4.90 Å². The summed E-state index contributed by atoms with van der Waals surface area (Å²) in [4.78, 5) is 14.9. The van der Waals surface area contributed by atoms with Crippen molar-refractivity contribution in [3.8, 4) is 0 Å². The Labute approximate surface area is 130 Å². The normalized spacial score (nSPS) is 31.3. The number of likely N-dealkylation sites (tertiary alicyclic amines) is 1. The monoisotopic (exact) mass is 295 g/mol. The van der Waals surface area contributed by atoms with E-state index >= 15 is 0 Å². The first-order chi connectivity index (χ1) is 9.90. The van der Waals surface area contributed by atoms with Crippen LogP contribution in [0.25, 0.3) is 0 Å². The van der Waals surface area contributed by atoms with Crippen LogP contribution in [-0.2, 0) is 9.53 Å². The molecule has 1 saturated heterocycles. The maximum Gasteiger partial charge on any atom is 0.307 e. The molecular formula is C18H33NO2. The van der Waals surface area contributed by atoms with E-state index in [9.17, 15) is 4.79 Å². The van der Waals surface area contributed by atoms with E-state index in [-0.39, 0.29) is 16.9 Å². The van der Waals surface area contributed by atoms with Crippen molar-refractivity contribution in [3.05, 3.63) is 0 Å². The number of ether oxygens (including phenoxy) is 1. The van der Waals surface area contributed by atoms with Crippen LogP contribution < -0.4 is 0 Å². The van der Waals surface area contributed by atoms with Crippen molar-refractivity contribution >= 4 is 5.97 Å². The zero-order chi connectivity index (χ0) is 15.5. The van der Waals surface area contributed by atoms with Crippen LogP contribution in [-0.4, -0.2) is 36.1 Å². The average molecular weight is 295 g/mol. The van der Waals surface area contributed by atoms with Crippen LogP contribution in [0, 0.1) is 11.3 Å². The van der Waals surface area contributed by atoms with Gasteiger partial charge in [-0.1, -0.05) is 33.6 Å². The number of rotatable bonds is 4. The van der Waals surface area contributed by atoms with E-state index in [4.69, 9.17) is 4.74 Å². The predicted octanol–water partition coefficient (Wildman–Crippen LogP) is 4.01. The van der Waals surface area contributed by atoms with Crippen molar-refractivity contribution in [2.45, 2.75) is 78.2 Å². The standard InChI is InChI=1S/C18H33NO2/c1-5-21-16(20)14-18(19-12-8-9-13-19)11-7-6-10-15(18)17(2,3)4/h15H,5-14H2,1-4H3. The number of hydrogen-bond acceptors (Lipinski definition) is 3. The minimum atomic E-state index is 0.000509. The van der Waals surface area contributed by atoms with E-state index in [1.807, 2.05) is 6.92 Å². The maximum absolute atomic E-state index is 12.3. The molecule has 2 aliphatic rings. The first-order valence-corrected chi connectivity index (χ1v) is 8.81. The van der Waals surface area contributed by atoms with Crippen LogP contribution in [0.4, 0.5) is 0 Å². The van der Waals surface area contributed by atoms with Crippen LogP contribution >= 0.6 is 0 Å². The Morgan fingerprint density at radius 1 is 1.19 bits per heavy atom. The highest BCUT2D eigenvalue weighted by atomic mass is 16.5. The molecule has 0 N–H and O–H groups in total. The molecule has 0 amide bonds. The molecule has 2 unspecified atom stereocenters. The Balaban J connectivity index is 2.29. The van der Waals surface area contributed by atoms with Crippen molar-refractivity contribution < 1.29 is 9.53 Å². The summed E-state index contributed by atoms with van der Waals surface area (Å²) in [7, 11) is 0. The first-order valence-electron chi connectivity index (χ1n) is 8.81. The van der Waals surface area contributed by atoms with Gasteiger partial charge >= 0.3 is 5.97 Å². The molecule has 2 fully saturated rings. The second-order valence-corrected chi connectivity index (χ2v) is 7.94. The van der Waals surface area contributed by atoms with E-state index in [0.717, 1.165) is 19.5 Å². The molecular weight excluding hydrogens is 262 g/mol. The first kappa shape index (κ1) is 16.8. The smallest absolute Gasteiger partial charge is 0.307 e. The maximum atomic E-state index is 12.3. The Hall–Kier alpha value is -0.570. The fourth-order valence-electron chi connectivity index (χ4n) is 4.79. The van der Waals surface area contributed by atoms with Gasteiger partial charge < -0.3 is 4.74 Å². The van der Waals surface area contributed by atoms with Gasteiger partial charge in [0.1, 0.15) is 0 Å². The quantitative estimate of drug-likeness (QED) is 0.734. The number of carbonyl (C=O) groups excluding carboxylic acids is 1. The highest BCUT2D eigenvalue weighted by Crippen LogP contribution is 2.50. The zero-order valence-electron chi connectivity index (χ0n) is 14.4. The molecule has 0 aromatic heterocycles. The highest BCUT2D eigenvalue weighted by molar-refractivity contribution is 5.71. The largest absolute Gasteiger partial charge is 0.466 e. The molecule has 0 aromatic carbocycles. The van der Waals surface area contributed by atoms with E-state index < -0.39 is 0 Å². The summed E-state index contributed by atoms with van der Waals surface area (Å²) in [5, 5.41) is 0. The molecule has 1 heterocycles. The van der Waals surface area contributed by atoms with Crippen molar-refractivity contribution in [1.29, 1.82) is 0 Å². The van der Waals surface area contributed by atoms with E-state index in [1.165, 1.54) is 32.1 Å². The van der Waals surface area contributed by atoms with Gasteiger partial charge in [-0.25, -0.2) is 0 Å². The van der Waals surface area contributed by atoms with Gasteiger partial charge in [-0.2, -0.15) is 0 Å². The van der Waals surface area contributed by atoms with E-state index in [0.29, 0.717) is 18.9 Å². The Bertz CT molecular complexity index is 355. The highest BCUT2D eigenvalue weighted by Gasteiger charge is 2.51. The number of carbonyl (C=O) groups is 1. The molecule has 2 rings (SSSR count). The van der Waals surface area contributed by atoms with Gasteiger partial charge in [0.15, 0.2) is 0 Å². The summed E-state index contributed by atoms with van der Waals surface area (Å²) >= 11 is 0. The van der Waals surface area contributed by atoms with Gasteiger partial charge in [-0.05, 0) is 57.0 Å². The summed E-state index contributed by atoms with van der Waals surface area (Å²) < 4.78 is 5.32. The lowest BCUT2D eigenvalue weighted by Crippen LogP contribution is -2.59. The number of esters is 1. The number of hydrogen-bond donors (Lipinski definition) is 0. The molecule has 0 spiro atoms. The summed E-state index contributed by atoms with van der Waals surface area (Å²) in [6, 6.07) is 0. The van der Waals surface area contributed by atoms with Gasteiger partial charge in [0.25, 0.3) is 0 Å². The lowest BCUT2D eigenvalue weighted by molar-refractivity contribution is -0.150. The van der Waals surface area contributed by atoms with Gasteiger partial charge in [-0.15, -0.1) is 0 Å². The molecule has 2 atom stereocenters.